The van der Waals surface area contributed by atoms with Crippen LogP contribution in [0.3, 0.4) is 0 Å². The molecule has 0 fully saturated rings. The number of benzene rings is 1. The quantitative estimate of drug-likeness (QED) is 0.807. The standard InChI is InChI=1S/C10H8BrFN4O/c1-16-14-10(13-15-16)5-9(17)7-4-6(12)2-3-8(7)11/h2-4H,5H2,1H3. The molecule has 88 valence electrons. The van der Waals surface area contributed by atoms with E-state index in [1.165, 1.54) is 23.0 Å². The Labute approximate surface area is 105 Å². The van der Waals surface area contributed by atoms with Crippen molar-refractivity contribution >= 4 is 21.7 Å². The first-order valence-electron chi connectivity index (χ1n) is 4.77. The Hall–Kier alpha value is -1.63. The van der Waals surface area contributed by atoms with E-state index in [1.807, 2.05) is 0 Å². The van der Waals surface area contributed by atoms with E-state index in [0.29, 0.717) is 10.3 Å². The van der Waals surface area contributed by atoms with E-state index >= 15 is 0 Å². The van der Waals surface area contributed by atoms with Crippen molar-refractivity contribution < 1.29 is 9.18 Å². The van der Waals surface area contributed by atoms with Crippen molar-refractivity contribution in [1.82, 2.24) is 20.2 Å². The number of hydrogen-bond acceptors (Lipinski definition) is 4. The number of rotatable bonds is 3. The molecule has 0 N–H and O–H groups in total. The number of carbonyl (C=O) groups is 1. The molecule has 5 nitrogen and oxygen atoms in total. The molecule has 0 unspecified atom stereocenters. The normalized spacial score (nSPS) is 10.5. The number of Topliss-reactive ketones (excluding diaryl/α,β-unsaturated/α-hetero) is 1. The van der Waals surface area contributed by atoms with Crippen molar-refractivity contribution in [3.8, 4) is 0 Å². The van der Waals surface area contributed by atoms with Gasteiger partial charge >= 0.3 is 0 Å². The molecule has 0 aliphatic rings. The first-order chi connectivity index (χ1) is 8.06. The monoisotopic (exact) mass is 298 g/mol. The average molecular weight is 299 g/mol. The first-order valence-corrected chi connectivity index (χ1v) is 5.56. The lowest BCUT2D eigenvalue weighted by Crippen LogP contribution is -2.07. The highest BCUT2D eigenvalue weighted by Gasteiger charge is 2.14. The summed E-state index contributed by atoms with van der Waals surface area (Å²) in [6.07, 6.45) is -0.00407. The van der Waals surface area contributed by atoms with Crippen LogP contribution < -0.4 is 0 Å². The van der Waals surface area contributed by atoms with E-state index in [1.54, 1.807) is 7.05 Å². The summed E-state index contributed by atoms with van der Waals surface area (Å²) >= 11 is 3.20. The van der Waals surface area contributed by atoms with Crippen molar-refractivity contribution in [3.05, 3.63) is 39.9 Å². The second-order valence-corrected chi connectivity index (χ2v) is 4.27. The van der Waals surface area contributed by atoms with Crippen LogP contribution in [0.1, 0.15) is 16.2 Å². The third-order valence-corrected chi connectivity index (χ3v) is 2.79. The summed E-state index contributed by atoms with van der Waals surface area (Å²) in [5.74, 6) is -0.401. The molecule has 0 amide bonds. The average Bonchev–Trinajstić information content (AvgIpc) is 2.67. The van der Waals surface area contributed by atoms with Crippen LogP contribution >= 0.6 is 15.9 Å². The van der Waals surface area contributed by atoms with E-state index in [4.69, 9.17) is 0 Å². The lowest BCUT2D eigenvalue weighted by molar-refractivity contribution is 0.0989. The number of aromatic nitrogens is 4. The summed E-state index contributed by atoms with van der Waals surface area (Å²) in [5, 5.41) is 11.2. The zero-order valence-corrected chi connectivity index (χ0v) is 10.5. The van der Waals surface area contributed by atoms with Gasteiger partial charge in [-0.15, -0.1) is 10.2 Å². The molecule has 0 bridgehead atoms. The maximum absolute atomic E-state index is 13.0. The minimum absolute atomic E-state index is 0.00407. The Morgan fingerprint density at radius 1 is 1.53 bits per heavy atom. The predicted octanol–water partition coefficient (Wildman–Crippen LogP) is 1.54. The van der Waals surface area contributed by atoms with Crippen LogP contribution in [-0.4, -0.2) is 26.0 Å². The molecule has 2 rings (SSSR count). The molecule has 2 aromatic rings. The Morgan fingerprint density at radius 3 is 2.94 bits per heavy atom. The lowest BCUT2D eigenvalue weighted by atomic mass is 10.1. The Bertz CT molecular complexity index is 569. The molecule has 0 spiro atoms. The maximum atomic E-state index is 13.0. The number of carbonyl (C=O) groups excluding carboxylic acids is 1. The van der Waals surface area contributed by atoms with E-state index in [0.717, 1.165) is 0 Å². The highest BCUT2D eigenvalue weighted by molar-refractivity contribution is 9.10. The van der Waals surface area contributed by atoms with Gasteiger partial charge in [0.25, 0.3) is 0 Å². The molecule has 1 aromatic heterocycles. The van der Waals surface area contributed by atoms with Gasteiger partial charge in [-0.1, -0.05) is 15.9 Å². The van der Waals surface area contributed by atoms with Gasteiger partial charge in [-0.2, -0.15) is 4.80 Å². The zero-order valence-electron chi connectivity index (χ0n) is 8.89. The van der Waals surface area contributed by atoms with Gasteiger partial charge in [0.2, 0.25) is 0 Å². The van der Waals surface area contributed by atoms with Gasteiger partial charge in [-0.3, -0.25) is 4.79 Å². The molecule has 7 heteroatoms. The van der Waals surface area contributed by atoms with Crippen molar-refractivity contribution in [2.45, 2.75) is 6.42 Å². The molecule has 0 radical (unpaired) electrons. The summed E-state index contributed by atoms with van der Waals surface area (Å²) in [5.41, 5.74) is 0.275. The third-order valence-electron chi connectivity index (χ3n) is 2.10. The van der Waals surface area contributed by atoms with Gasteiger partial charge in [-0.25, -0.2) is 4.39 Å². The topological polar surface area (TPSA) is 60.7 Å². The Kier molecular flexibility index (Phi) is 3.28. The molecule has 17 heavy (non-hydrogen) atoms. The van der Waals surface area contributed by atoms with Crippen molar-refractivity contribution in [2.75, 3.05) is 0 Å². The summed E-state index contributed by atoms with van der Waals surface area (Å²) in [6.45, 7) is 0. The fraction of sp³-hybridized carbons (Fsp3) is 0.200. The molecule has 1 heterocycles. The van der Waals surface area contributed by atoms with Crippen LogP contribution in [0.25, 0.3) is 0 Å². The second kappa shape index (κ2) is 4.70. The van der Waals surface area contributed by atoms with Gasteiger partial charge in [0, 0.05) is 10.0 Å². The van der Waals surface area contributed by atoms with Crippen LogP contribution in [0.2, 0.25) is 0 Å². The lowest BCUT2D eigenvalue weighted by Gasteiger charge is -2.01. The zero-order chi connectivity index (χ0) is 12.4. The largest absolute Gasteiger partial charge is 0.294 e. The number of hydrogen-bond donors (Lipinski definition) is 0. The summed E-state index contributed by atoms with van der Waals surface area (Å²) in [4.78, 5) is 13.1. The molecule has 0 saturated heterocycles. The highest BCUT2D eigenvalue weighted by atomic mass is 79.9. The van der Waals surface area contributed by atoms with Gasteiger partial charge in [-0.05, 0) is 23.4 Å². The fourth-order valence-electron chi connectivity index (χ4n) is 1.34. The van der Waals surface area contributed by atoms with Crippen molar-refractivity contribution in [3.63, 3.8) is 0 Å². The number of halogens is 2. The summed E-state index contributed by atoms with van der Waals surface area (Å²) in [6, 6.07) is 3.96. The summed E-state index contributed by atoms with van der Waals surface area (Å²) in [7, 11) is 1.61. The van der Waals surface area contributed by atoms with Gasteiger partial charge in [0.15, 0.2) is 11.6 Å². The SMILES string of the molecule is Cn1nnc(CC(=O)c2cc(F)ccc2Br)n1. The van der Waals surface area contributed by atoms with E-state index in [9.17, 15) is 9.18 Å². The predicted molar refractivity (Wildman–Crippen MR) is 60.9 cm³/mol. The van der Waals surface area contributed by atoms with Crippen LogP contribution in [0.4, 0.5) is 4.39 Å². The molecule has 0 saturated carbocycles. The smallest absolute Gasteiger partial charge is 0.182 e. The minimum Gasteiger partial charge on any atom is -0.294 e. The Balaban J connectivity index is 2.22. The van der Waals surface area contributed by atoms with Crippen LogP contribution in [-0.2, 0) is 13.5 Å². The van der Waals surface area contributed by atoms with Crippen molar-refractivity contribution in [2.24, 2.45) is 7.05 Å². The van der Waals surface area contributed by atoms with Gasteiger partial charge < -0.3 is 0 Å². The molecular weight excluding hydrogens is 291 g/mol. The van der Waals surface area contributed by atoms with E-state index in [2.05, 4.69) is 31.3 Å². The van der Waals surface area contributed by atoms with Crippen LogP contribution in [0.15, 0.2) is 22.7 Å². The van der Waals surface area contributed by atoms with E-state index in [-0.39, 0.29) is 17.8 Å². The second-order valence-electron chi connectivity index (χ2n) is 3.42. The molecule has 0 atom stereocenters. The number of nitrogens with zero attached hydrogens (tertiary/aromatic N) is 4. The first kappa shape index (κ1) is 11.8. The molecular formula is C10H8BrFN4O. The number of ketones is 1. The number of tetrazole rings is 1. The minimum atomic E-state index is -0.455. The van der Waals surface area contributed by atoms with Crippen molar-refractivity contribution in [1.29, 1.82) is 0 Å². The maximum Gasteiger partial charge on any atom is 0.182 e. The molecule has 1 aromatic carbocycles. The van der Waals surface area contributed by atoms with Gasteiger partial charge in [0.1, 0.15) is 5.82 Å². The fourth-order valence-corrected chi connectivity index (χ4v) is 1.81. The molecule has 0 aliphatic carbocycles. The highest BCUT2D eigenvalue weighted by Crippen LogP contribution is 2.19. The van der Waals surface area contributed by atoms with E-state index < -0.39 is 5.82 Å². The third kappa shape index (κ3) is 2.73. The van der Waals surface area contributed by atoms with Crippen LogP contribution in [0.5, 0.6) is 0 Å². The Morgan fingerprint density at radius 2 is 2.29 bits per heavy atom. The van der Waals surface area contributed by atoms with Gasteiger partial charge in [0.05, 0.1) is 13.5 Å². The van der Waals surface area contributed by atoms with Crippen LogP contribution in [0, 0.1) is 5.82 Å². The molecule has 0 aliphatic heterocycles. The summed E-state index contributed by atoms with van der Waals surface area (Å²) < 4.78 is 13.6. The number of aryl methyl sites for hydroxylation is 1.